The Morgan fingerprint density at radius 3 is 2.90 bits per heavy atom. The molecule has 1 aliphatic heterocycles. The minimum absolute atomic E-state index is 0.244. The van der Waals surface area contributed by atoms with Crippen molar-refractivity contribution in [1.82, 2.24) is 9.55 Å². The van der Waals surface area contributed by atoms with E-state index in [0.717, 1.165) is 0 Å². The van der Waals surface area contributed by atoms with Gasteiger partial charge in [-0.15, -0.1) is 0 Å². The number of rotatable bonds is 3. The molecule has 1 aliphatic rings. The molecule has 3 N–H and O–H groups in total. The first-order chi connectivity index (χ1) is 9.49. The van der Waals surface area contributed by atoms with Crippen LogP contribution in [0.1, 0.15) is 10.5 Å². The summed E-state index contributed by atoms with van der Waals surface area (Å²) >= 11 is -0.346. The van der Waals surface area contributed by atoms with Gasteiger partial charge in [0, 0.05) is 0 Å². The third-order valence-corrected chi connectivity index (χ3v) is 6.40. The summed E-state index contributed by atoms with van der Waals surface area (Å²) in [4.78, 5) is 27.2. The molecule has 1 saturated heterocycles. The van der Waals surface area contributed by atoms with Gasteiger partial charge in [-0.25, -0.2) is 0 Å². The summed E-state index contributed by atoms with van der Waals surface area (Å²) in [6.07, 6.45) is 0.389. The number of nitrogens with one attached hydrogen (secondary N) is 1. The number of hydrogen-bond acceptors (Lipinski definition) is 5. The van der Waals surface area contributed by atoms with E-state index in [-0.39, 0.29) is 21.6 Å². The molecule has 2 heterocycles. The quantitative estimate of drug-likeness (QED) is 0.276. The number of H-pyrrole nitrogens is 1. The number of nitrogens with zero attached hydrogens (tertiary/aromatic N) is 4. The van der Waals surface area contributed by atoms with Gasteiger partial charge in [-0.3, -0.25) is 0 Å². The fourth-order valence-corrected chi connectivity index (χ4v) is 5.07. The Balaban J connectivity index is 2.50. The van der Waals surface area contributed by atoms with Gasteiger partial charge in [-0.1, -0.05) is 0 Å². The van der Waals surface area contributed by atoms with Crippen molar-refractivity contribution in [3.05, 3.63) is 43.0 Å². The molecular formula is C10H13N5O4Se. The van der Waals surface area contributed by atoms with Crippen LogP contribution in [0.3, 0.4) is 0 Å². The van der Waals surface area contributed by atoms with Crippen LogP contribution < -0.4 is 11.2 Å². The zero-order valence-electron chi connectivity index (χ0n) is 10.5. The van der Waals surface area contributed by atoms with Crippen molar-refractivity contribution >= 4 is 15.0 Å². The molecule has 1 aromatic rings. The van der Waals surface area contributed by atoms with Crippen LogP contribution in [0.25, 0.3) is 10.4 Å². The van der Waals surface area contributed by atoms with Crippen LogP contribution in [0.5, 0.6) is 0 Å². The fraction of sp³-hybridized carbons (Fsp3) is 0.600. The third kappa shape index (κ3) is 2.52. The Bertz CT molecular complexity index is 664. The third-order valence-electron chi connectivity index (χ3n) is 3.12. The molecule has 0 saturated carbocycles. The second-order valence-electron chi connectivity index (χ2n) is 4.41. The van der Waals surface area contributed by atoms with Gasteiger partial charge < -0.3 is 0 Å². The maximum atomic E-state index is 11.9. The summed E-state index contributed by atoms with van der Waals surface area (Å²) < 4.78 is 1.27. The van der Waals surface area contributed by atoms with E-state index in [1.807, 2.05) is 0 Å². The Hall–Kier alpha value is -1.57. The van der Waals surface area contributed by atoms with Crippen LogP contribution in [-0.4, -0.2) is 53.5 Å². The molecule has 0 aliphatic carbocycles. The van der Waals surface area contributed by atoms with Gasteiger partial charge in [0.15, 0.2) is 0 Å². The average Bonchev–Trinajstić information content (AvgIpc) is 2.72. The summed E-state index contributed by atoms with van der Waals surface area (Å²) in [5, 5.41) is 22.8. The van der Waals surface area contributed by atoms with Gasteiger partial charge in [-0.2, -0.15) is 0 Å². The molecule has 1 unspecified atom stereocenters. The molecule has 4 atom stereocenters. The van der Waals surface area contributed by atoms with E-state index in [1.54, 1.807) is 6.92 Å². The Morgan fingerprint density at radius 2 is 2.30 bits per heavy atom. The van der Waals surface area contributed by atoms with E-state index in [1.165, 1.54) is 10.8 Å². The van der Waals surface area contributed by atoms with E-state index >= 15 is 0 Å². The zero-order chi connectivity index (χ0) is 14.9. The molecule has 10 heteroatoms. The normalized spacial score (nSPS) is 29.1. The Labute approximate surface area is 119 Å². The number of aromatic nitrogens is 2. The fourth-order valence-electron chi connectivity index (χ4n) is 2.07. The predicted molar refractivity (Wildman–Crippen MR) is 70.6 cm³/mol. The van der Waals surface area contributed by atoms with Gasteiger partial charge >= 0.3 is 118 Å². The first-order valence-corrected chi connectivity index (χ1v) is 7.78. The summed E-state index contributed by atoms with van der Waals surface area (Å²) in [5.74, 6) is 0. The molecule has 0 radical (unpaired) electrons. The van der Waals surface area contributed by atoms with Crippen LogP contribution in [-0.2, 0) is 0 Å². The van der Waals surface area contributed by atoms with Gasteiger partial charge in [0.1, 0.15) is 0 Å². The van der Waals surface area contributed by atoms with Crippen molar-refractivity contribution in [2.24, 2.45) is 5.11 Å². The second kappa shape index (κ2) is 5.82. The molecule has 0 aromatic carbocycles. The van der Waals surface area contributed by atoms with Crippen LogP contribution in [0, 0.1) is 6.92 Å². The van der Waals surface area contributed by atoms with Crippen molar-refractivity contribution in [2.75, 3.05) is 6.61 Å². The summed E-state index contributed by atoms with van der Waals surface area (Å²) in [5.41, 5.74) is 7.84. The first-order valence-electron chi connectivity index (χ1n) is 5.80. The van der Waals surface area contributed by atoms with E-state index in [2.05, 4.69) is 15.0 Å². The van der Waals surface area contributed by atoms with Crippen LogP contribution in [0.15, 0.2) is 20.9 Å². The predicted octanol–water partition coefficient (Wildman–Crippen LogP) is -1.12. The molecule has 108 valence electrons. The number of aliphatic hydroxyl groups excluding tert-OH is 2. The summed E-state index contributed by atoms with van der Waals surface area (Å²) in [7, 11) is 0. The van der Waals surface area contributed by atoms with Gasteiger partial charge in [0.05, 0.1) is 0 Å². The Kier molecular flexibility index (Phi) is 4.32. The minimum atomic E-state index is -1.000. The topological polar surface area (TPSA) is 144 Å². The molecular weight excluding hydrogens is 333 g/mol. The SMILES string of the molecule is Cc1cn(C2[Se][C@H](CO)[C@@H](O)[C@@H]2N=[N+]=[N-])c(=O)[nH]c1=O. The maximum absolute atomic E-state index is 11.9. The summed E-state index contributed by atoms with van der Waals surface area (Å²) in [6.45, 7) is 1.31. The van der Waals surface area contributed by atoms with Crippen molar-refractivity contribution in [3.8, 4) is 0 Å². The zero-order valence-corrected chi connectivity index (χ0v) is 12.2. The first kappa shape index (κ1) is 14.8. The number of aryl methyl sites for hydroxylation is 1. The number of aromatic amines is 1. The molecule has 1 fully saturated rings. The van der Waals surface area contributed by atoms with E-state index in [9.17, 15) is 19.8 Å². The number of hydrogen-bond donors (Lipinski definition) is 3. The monoisotopic (exact) mass is 347 g/mol. The van der Waals surface area contributed by atoms with Crippen LogP contribution >= 0.6 is 0 Å². The van der Waals surface area contributed by atoms with E-state index in [4.69, 9.17) is 5.53 Å². The molecule has 0 spiro atoms. The van der Waals surface area contributed by atoms with Crippen molar-refractivity contribution in [1.29, 1.82) is 0 Å². The standard InChI is InChI=1S/C10H13N5O4Se/c1-4-2-15(10(19)12-8(4)18)9-6(13-14-11)7(17)5(3-16)20-9/h2,5-7,9,16-17H,3H2,1H3,(H,12,18,19)/t5-,6+,7-,9?/m1/s1. The molecule has 20 heavy (non-hydrogen) atoms. The van der Waals surface area contributed by atoms with Gasteiger partial charge in [0.25, 0.3) is 0 Å². The average molecular weight is 346 g/mol. The number of azide groups is 1. The van der Waals surface area contributed by atoms with Crippen molar-refractivity contribution < 1.29 is 10.2 Å². The molecule has 0 amide bonds. The van der Waals surface area contributed by atoms with Gasteiger partial charge in [-0.05, 0) is 0 Å². The van der Waals surface area contributed by atoms with Gasteiger partial charge in [0.2, 0.25) is 0 Å². The van der Waals surface area contributed by atoms with Crippen molar-refractivity contribution in [3.63, 3.8) is 0 Å². The van der Waals surface area contributed by atoms with Crippen molar-refractivity contribution in [2.45, 2.75) is 28.8 Å². The molecule has 9 nitrogen and oxygen atoms in total. The Morgan fingerprint density at radius 1 is 1.60 bits per heavy atom. The molecule has 1 aromatic heterocycles. The second-order valence-corrected chi connectivity index (χ2v) is 7.27. The van der Waals surface area contributed by atoms with E-state index < -0.39 is 33.2 Å². The molecule has 2 rings (SSSR count). The van der Waals surface area contributed by atoms with E-state index in [0.29, 0.717) is 5.56 Å². The van der Waals surface area contributed by atoms with Crippen LogP contribution in [0.2, 0.25) is 4.82 Å². The molecule has 0 bridgehead atoms. The number of aliphatic hydroxyl groups is 2. The van der Waals surface area contributed by atoms with Crippen LogP contribution in [0.4, 0.5) is 0 Å². The summed E-state index contributed by atoms with van der Waals surface area (Å²) in [6, 6.07) is -0.833.